The first kappa shape index (κ1) is 18.6. The summed E-state index contributed by atoms with van der Waals surface area (Å²) in [6.45, 7) is 8.53. The molecule has 1 aliphatic rings. The molecule has 0 spiro atoms. The average molecular weight is 378 g/mol. The van der Waals surface area contributed by atoms with Gasteiger partial charge in [-0.2, -0.15) is 0 Å². The molecule has 1 saturated heterocycles. The first-order valence-corrected chi connectivity index (χ1v) is 9.91. The summed E-state index contributed by atoms with van der Waals surface area (Å²) in [7, 11) is 1.69. The first-order valence-electron chi connectivity index (χ1n) is 9.91. The maximum absolute atomic E-state index is 13.1. The van der Waals surface area contributed by atoms with Gasteiger partial charge in [0.15, 0.2) is 6.54 Å². The second-order valence-electron chi connectivity index (χ2n) is 7.57. The lowest BCUT2D eigenvalue weighted by molar-refractivity contribution is -0.892. The fraction of sp³-hybridized carbons (Fsp3) is 0.348. The summed E-state index contributed by atoms with van der Waals surface area (Å²) >= 11 is 0. The third kappa shape index (κ3) is 3.38. The van der Waals surface area contributed by atoms with Crippen LogP contribution in [0.1, 0.15) is 16.1 Å². The molecule has 0 atom stereocenters. The third-order valence-corrected chi connectivity index (χ3v) is 5.99. The van der Waals surface area contributed by atoms with Crippen LogP contribution in [0.4, 0.5) is 5.69 Å². The maximum Gasteiger partial charge on any atom is 0.286 e. The Kier molecular flexibility index (Phi) is 5.09. The van der Waals surface area contributed by atoms with Crippen molar-refractivity contribution < 1.29 is 14.4 Å². The summed E-state index contributed by atoms with van der Waals surface area (Å²) in [6.07, 6.45) is 0. The number of anilines is 1. The van der Waals surface area contributed by atoms with Crippen molar-refractivity contribution in [3.8, 4) is 5.75 Å². The molecule has 28 heavy (non-hydrogen) atoms. The maximum atomic E-state index is 13.1. The number of quaternary nitrogens is 1. The zero-order valence-corrected chi connectivity index (χ0v) is 16.9. The highest BCUT2D eigenvalue weighted by molar-refractivity contribution is 5.96. The Morgan fingerprint density at radius 2 is 1.71 bits per heavy atom. The van der Waals surface area contributed by atoms with Crippen molar-refractivity contribution >= 4 is 22.5 Å². The van der Waals surface area contributed by atoms with Gasteiger partial charge < -0.3 is 14.5 Å². The molecule has 2 heterocycles. The van der Waals surface area contributed by atoms with E-state index in [0.717, 1.165) is 43.1 Å². The molecule has 5 heteroatoms. The molecule has 0 amide bonds. The number of nitrogens with zero attached hydrogens (tertiary/aromatic N) is 2. The second-order valence-corrected chi connectivity index (χ2v) is 7.57. The van der Waals surface area contributed by atoms with E-state index in [0.29, 0.717) is 6.54 Å². The quantitative estimate of drug-likeness (QED) is 0.757. The van der Waals surface area contributed by atoms with Crippen LogP contribution >= 0.6 is 0 Å². The van der Waals surface area contributed by atoms with Gasteiger partial charge in [-0.25, -0.2) is 0 Å². The third-order valence-electron chi connectivity index (χ3n) is 5.99. The van der Waals surface area contributed by atoms with Gasteiger partial charge in [-0.3, -0.25) is 9.36 Å². The molecule has 1 N–H and O–H groups in total. The minimum Gasteiger partial charge on any atom is -0.497 e. The van der Waals surface area contributed by atoms with E-state index in [4.69, 9.17) is 4.74 Å². The monoisotopic (exact) mass is 378 g/mol. The van der Waals surface area contributed by atoms with Gasteiger partial charge in [0.2, 0.25) is 0 Å². The highest BCUT2D eigenvalue weighted by atomic mass is 16.5. The van der Waals surface area contributed by atoms with E-state index in [2.05, 4.69) is 30.0 Å². The molecule has 1 aliphatic heterocycles. The predicted molar refractivity (Wildman–Crippen MR) is 113 cm³/mol. The number of piperazine rings is 1. The van der Waals surface area contributed by atoms with E-state index in [1.165, 1.54) is 21.5 Å². The number of carbonyl (C=O) groups excluding carboxylic acids is 1. The van der Waals surface area contributed by atoms with Crippen LogP contribution in [0.5, 0.6) is 5.75 Å². The Balaban J connectivity index is 1.42. The van der Waals surface area contributed by atoms with Crippen molar-refractivity contribution in [2.75, 3.05) is 44.7 Å². The number of fused-ring (bicyclic) bond motifs is 1. The van der Waals surface area contributed by atoms with E-state index in [-0.39, 0.29) is 5.91 Å². The SMILES string of the molecule is COc1ccc(N2CC[NH+](CC(=O)n3c(C)c(C)c4ccccc43)CC2)cc1. The van der Waals surface area contributed by atoms with Crippen molar-refractivity contribution in [3.63, 3.8) is 0 Å². The van der Waals surface area contributed by atoms with Crippen molar-refractivity contribution in [1.29, 1.82) is 0 Å². The number of methoxy groups -OCH3 is 1. The van der Waals surface area contributed by atoms with Crippen molar-refractivity contribution in [2.45, 2.75) is 13.8 Å². The van der Waals surface area contributed by atoms with Gasteiger partial charge in [-0.1, -0.05) is 18.2 Å². The molecule has 1 fully saturated rings. The Labute approximate surface area is 166 Å². The summed E-state index contributed by atoms with van der Waals surface area (Å²) in [6, 6.07) is 16.4. The molecule has 0 saturated carbocycles. The minimum atomic E-state index is 0.190. The smallest absolute Gasteiger partial charge is 0.286 e. The lowest BCUT2D eigenvalue weighted by Gasteiger charge is -2.33. The lowest BCUT2D eigenvalue weighted by Crippen LogP contribution is -3.15. The molecule has 0 radical (unpaired) electrons. The molecule has 0 unspecified atom stereocenters. The van der Waals surface area contributed by atoms with E-state index in [1.54, 1.807) is 7.11 Å². The van der Waals surface area contributed by atoms with Gasteiger partial charge in [0.25, 0.3) is 5.91 Å². The number of carbonyl (C=O) groups is 1. The summed E-state index contributed by atoms with van der Waals surface area (Å²) in [5.74, 6) is 1.07. The summed E-state index contributed by atoms with van der Waals surface area (Å²) in [5, 5.41) is 1.17. The molecule has 0 bridgehead atoms. The van der Waals surface area contributed by atoms with Gasteiger partial charge in [-0.05, 0) is 49.7 Å². The molecule has 1 aromatic heterocycles. The van der Waals surface area contributed by atoms with E-state index in [9.17, 15) is 4.79 Å². The van der Waals surface area contributed by atoms with Crippen LogP contribution in [0, 0.1) is 13.8 Å². The van der Waals surface area contributed by atoms with Crippen molar-refractivity contribution in [2.24, 2.45) is 0 Å². The predicted octanol–water partition coefficient (Wildman–Crippen LogP) is 2.31. The molecule has 4 rings (SSSR count). The number of hydrogen-bond acceptors (Lipinski definition) is 3. The number of ether oxygens (including phenoxy) is 1. The van der Waals surface area contributed by atoms with Crippen LogP contribution in [0.25, 0.3) is 10.9 Å². The zero-order chi connectivity index (χ0) is 19.7. The van der Waals surface area contributed by atoms with Crippen LogP contribution in [-0.2, 0) is 0 Å². The van der Waals surface area contributed by atoms with Gasteiger partial charge in [0, 0.05) is 16.8 Å². The lowest BCUT2D eigenvalue weighted by atomic mass is 10.2. The van der Waals surface area contributed by atoms with Gasteiger partial charge in [0.05, 0.1) is 38.8 Å². The highest BCUT2D eigenvalue weighted by Crippen LogP contribution is 2.24. The summed E-state index contributed by atoms with van der Waals surface area (Å²) < 4.78 is 7.15. The topological polar surface area (TPSA) is 38.9 Å². The minimum absolute atomic E-state index is 0.190. The average Bonchev–Trinajstić information content (AvgIpc) is 2.99. The number of aryl methyl sites for hydroxylation is 1. The zero-order valence-electron chi connectivity index (χ0n) is 16.9. The van der Waals surface area contributed by atoms with Gasteiger partial charge >= 0.3 is 0 Å². The van der Waals surface area contributed by atoms with Crippen LogP contribution in [0.3, 0.4) is 0 Å². The first-order chi connectivity index (χ1) is 13.6. The molecular weight excluding hydrogens is 350 g/mol. The highest BCUT2D eigenvalue weighted by Gasteiger charge is 2.25. The van der Waals surface area contributed by atoms with E-state index in [1.807, 2.05) is 41.8 Å². The fourth-order valence-electron chi connectivity index (χ4n) is 4.19. The number of aromatic nitrogens is 1. The van der Waals surface area contributed by atoms with Crippen LogP contribution < -0.4 is 14.5 Å². The van der Waals surface area contributed by atoms with Gasteiger partial charge in [0.1, 0.15) is 5.75 Å². The number of benzene rings is 2. The Morgan fingerprint density at radius 1 is 1.04 bits per heavy atom. The molecular formula is C23H28N3O2+. The Morgan fingerprint density at radius 3 is 2.39 bits per heavy atom. The number of hydrogen-bond donors (Lipinski definition) is 1. The number of para-hydroxylation sites is 1. The summed E-state index contributed by atoms with van der Waals surface area (Å²) in [4.78, 5) is 16.8. The molecule has 3 aromatic rings. The molecule has 146 valence electrons. The fourth-order valence-corrected chi connectivity index (χ4v) is 4.19. The Hall–Kier alpha value is -2.79. The van der Waals surface area contributed by atoms with Crippen molar-refractivity contribution in [1.82, 2.24) is 4.57 Å². The second kappa shape index (κ2) is 7.68. The summed E-state index contributed by atoms with van der Waals surface area (Å²) in [5.41, 5.74) is 4.50. The molecule has 2 aromatic carbocycles. The van der Waals surface area contributed by atoms with Crippen LogP contribution in [0.2, 0.25) is 0 Å². The Bertz CT molecular complexity index is 983. The largest absolute Gasteiger partial charge is 0.497 e. The van der Waals surface area contributed by atoms with Crippen LogP contribution in [0.15, 0.2) is 48.5 Å². The standard InChI is InChI=1S/C23H27N3O2/c1-17-18(2)26(22-7-5-4-6-21(17)22)23(27)16-24-12-14-25(15-13-24)19-8-10-20(28-3)11-9-19/h4-11H,12-16H2,1-3H3/p+1. The van der Waals surface area contributed by atoms with Crippen LogP contribution in [-0.4, -0.2) is 50.3 Å². The normalized spacial score (nSPS) is 15.2. The number of rotatable bonds is 4. The van der Waals surface area contributed by atoms with Gasteiger partial charge in [-0.15, -0.1) is 0 Å². The van der Waals surface area contributed by atoms with E-state index >= 15 is 0 Å². The number of nitrogens with one attached hydrogen (secondary N) is 1. The van der Waals surface area contributed by atoms with Crippen molar-refractivity contribution in [3.05, 3.63) is 59.8 Å². The molecule has 0 aliphatic carbocycles. The molecule has 5 nitrogen and oxygen atoms in total. The van der Waals surface area contributed by atoms with E-state index < -0.39 is 0 Å².